The molecular weight excluding hydrogens is 644 g/mol. The quantitative estimate of drug-likeness (QED) is 0.0454. The summed E-state index contributed by atoms with van der Waals surface area (Å²) in [7, 11) is 0. The van der Waals surface area contributed by atoms with Gasteiger partial charge in [0.1, 0.15) is 17.0 Å². The molecule has 0 radical (unpaired) electrons. The van der Waals surface area contributed by atoms with Crippen molar-refractivity contribution in [1.82, 2.24) is 0 Å². The maximum atomic E-state index is 16.0. The number of unbranched alkanes of at least 4 members (excludes halogenated alkanes) is 7. The summed E-state index contributed by atoms with van der Waals surface area (Å²) in [5.74, 6) is -5.35. The number of carbonyl (C=O) groups excluding carboxylic acids is 3. The van der Waals surface area contributed by atoms with Crippen LogP contribution in [-0.2, 0) is 24.5 Å². The number of halogens is 4. The number of carboxylic acid groups (broad SMARTS) is 1. The fourth-order valence-electron chi connectivity index (χ4n) is 5.72. The van der Waals surface area contributed by atoms with Crippen molar-refractivity contribution in [2.24, 2.45) is 0 Å². The number of hydrogen-bond donors (Lipinski definition) is 0. The second-order valence-electron chi connectivity index (χ2n) is 12.1. The molecule has 7 nitrogen and oxygen atoms in total. The molecule has 2 aromatic rings. The third-order valence-electron chi connectivity index (χ3n) is 8.45. The number of carbonyl (C=O) groups is 3. The van der Waals surface area contributed by atoms with Gasteiger partial charge in [-0.3, -0.25) is 4.79 Å². The van der Waals surface area contributed by atoms with Crippen LogP contribution in [0.1, 0.15) is 112 Å². The van der Waals surface area contributed by atoms with Gasteiger partial charge >= 0.3 is 18.1 Å². The van der Waals surface area contributed by atoms with E-state index in [1.54, 1.807) is 31.2 Å². The van der Waals surface area contributed by atoms with Gasteiger partial charge in [-0.1, -0.05) is 94.4 Å². The monoisotopic (exact) mass is 689 g/mol. The Morgan fingerprint density at radius 2 is 1.55 bits per heavy atom. The maximum Gasteiger partial charge on any atom is 0.425 e. The van der Waals surface area contributed by atoms with Crippen molar-refractivity contribution in [3.05, 3.63) is 89.3 Å². The zero-order valence-corrected chi connectivity index (χ0v) is 28.1. The van der Waals surface area contributed by atoms with Gasteiger partial charge in [-0.05, 0) is 61.6 Å². The molecule has 0 saturated carbocycles. The van der Waals surface area contributed by atoms with E-state index in [2.05, 4.69) is 6.92 Å². The minimum absolute atomic E-state index is 0.0280. The maximum absolute atomic E-state index is 16.0. The first-order valence-electron chi connectivity index (χ1n) is 17.0. The summed E-state index contributed by atoms with van der Waals surface area (Å²) >= 11 is 0. The van der Waals surface area contributed by atoms with Gasteiger partial charge in [0.05, 0.1) is 11.5 Å². The van der Waals surface area contributed by atoms with Crippen LogP contribution in [0.4, 0.5) is 17.6 Å². The summed E-state index contributed by atoms with van der Waals surface area (Å²) in [6, 6.07) is 11.2. The fourth-order valence-corrected chi connectivity index (χ4v) is 5.72. The fraction of sp³-hybridized carbons (Fsp3) is 0.500. The molecule has 3 atom stereocenters. The Hall–Kier alpha value is -3.99. The summed E-state index contributed by atoms with van der Waals surface area (Å²) in [6.45, 7) is 4.20. The number of esters is 2. The highest BCUT2D eigenvalue weighted by Gasteiger charge is 2.45. The predicted molar refractivity (Wildman–Crippen MR) is 174 cm³/mol. The number of alkyl halides is 3. The largest absolute Gasteiger partial charge is 0.548 e. The number of allylic oxidation sites excluding steroid dienone is 2. The molecule has 0 spiro atoms. The van der Waals surface area contributed by atoms with Crippen molar-refractivity contribution in [3.63, 3.8) is 0 Å². The van der Waals surface area contributed by atoms with Crippen molar-refractivity contribution in [2.75, 3.05) is 13.2 Å². The lowest BCUT2D eigenvalue weighted by molar-refractivity contribution is -0.310. The standard InChI is InChI=1S/C38H46F4O7/c1-3-5-6-7-8-9-10-11-18-34(43)48-29-21-19-27(20-22-29)28-23-24-37(36(45)46,32(39)26-28)31-16-13-12-15-30(31)35(44)49-33(38(40,41)42)17-14-25-47-4-2/h12-13,15-16,19-24,26,28,33H,3-11,14,17-18,25H2,1-2H3,(H,45,46)/p-1. The van der Waals surface area contributed by atoms with Crippen LogP contribution in [0.25, 0.3) is 0 Å². The molecule has 268 valence electrons. The van der Waals surface area contributed by atoms with E-state index in [4.69, 9.17) is 14.2 Å². The van der Waals surface area contributed by atoms with E-state index in [1.807, 2.05) is 0 Å². The Morgan fingerprint density at radius 1 is 0.898 bits per heavy atom. The van der Waals surface area contributed by atoms with Crippen molar-refractivity contribution < 1.29 is 51.3 Å². The molecule has 1 aliphatic rings. The molecule has 1 aliphatic carbocycles. The molecule has 0 heterocycles. The van der Waals surface area contributed by atoms with E-state index in [0.29, 0.717) is 24.3 Å². The first-order chi connectivity index (χ1) is 23.4. The number of aliphatic carboxylic acids is 1. The van der Waals surface area contributed by atoms with E-state index in [1.165, 1.54) is 43.9 Å². The van der Waals surface area contributed by atoms with Gasteiger partial charge < -0.3 is 24.1 Å². The molecule has 0 bridgehead atoms. The summed E-state index contributed by atoms with van der Waals surface area (Å²) in [6.07, 6.45) is 4.57. The molecule has 0 fully saturated rings. The van der Waals surface area contributed by atoms with Crippen LogP contribution in [0, 0.1) is 0 Å². The number of carboxylic acids is 1. The minimum Gasteiger partial charge on any atom is -0.548 e. The molecule has 3 rings (SSSR count). The topological polar surface area (TPSA) is 102 Å². The van der Waals surface area contributed by atoms with Crippen molar-refractivity contribution in [1.29, 1.82) is 0 Å². The average Bonchev–Trinajstić information content (AvgIpc) is 3.07. The number of hydrogen-bond acceptors (Lipinski definition) is 7. The van der Waals surface area contributed by atoms with Gasteiger partial charge in [0, 0.05) is 25.6 Å². The number of rotatable bonds is 20. The minimum atomic E-state index is -4.90. The third-order valence-corrected chi connectivity index (χ3v) is 8.45. The Labute approximate surface area is 285 Å². The van der Waals surface area contributed by atoms with Crippen LogP contribution in [0.2, 0.25) is 0 Å². The molecule has 0 amide bonds. The molecule has 0 aliphatic heterocycles. The Morgan fingerprint density at radius 3 is 2.16 bits per heavy atom. The summed E-state index contributed by atoms with van der Waals surface area (Å²) < 4.78 is 72.4. The summed E-state index contributed by atoms with van der Waals surface area (Å²) in [4.78, 5) is 37.9. The molecule has 0 saturated heterocycles. The van der Waals surface area contributed by atoms with Crippen LogP contribution in [0.5, 0.6) is 5.75 Å². The highest BCUT2D eigenvalue weighted by Crippen LogP contribution is 2.43. The molecule has 2 aromatic carbocycles. The van der Waals surface area contributed by atoms with Crippen LogP contribution >= 0.6 is 0 Å². The lowest BCUT2D eigenvalue weighted by Crippen LogP contribution is -2.47. The van der Waals surface area contributed by atoms with Crippen LogP contribution in [0.3, 0.4) is 0 Å². The Kier molecular flexibility index (Phi) is 15.5. The van der Waals surface area contributed by atoms with Gasteiger partial charge in [0.2, 0.25) is 0 Å². The predicted octanol–water partition coefficient (Wildman–Crippen LogP) is 8.22. The third kappa shape index (κ3) is 11.3. The number of ether oxygens (including phenoxy) is 3. The molecule has 3 unspecified atom stereocenters. The summed E-state index contributed by atoms with van der Waals surface area (Å²) in [5, 5.41) is 12.6. The van der Waals surface area contributed by atoms with Gasteiger partial charge in [0.15, 0.2) is 6.10 Å². The second kappa shape index (κ2) is 19.3. The SMILES string of the molecule is CCCCCCCCCCC(=O)Oc1ccc(C2C=CC(C(=O)[O-])(c3ccccc3C(=O)OC(CCCOCC)C(F)(F)F)C(F)=C2)cc1. The number of benzene rings is 2. The zero-order chi connectivity index (χ0) is 35.9. The zero-order valence-electron chi connectivity index (χ0n) is 28.1. The van der Waals surface area contributed by atoms with Gasteiger partial charge in [-0.25, -0.2) is 9.18 Å². The molecule has 11 heteroatoms. The lowest BCUT2D eigenvalue weighted by atomic mass is 9.72. The Bertz CT molecular complexity index is 1430. The van der Waals surface area contributed by atoms with Crippen LogP contribution in [-0.4, -0.2) is 43.4 Å². The summed E-state index contributed by atoms with van der Waals surface area (Å²) in [5.41, 5.74) is -3.03. The molecule has 0 aromatic heterocycles. The van der Waals surface area contributed by atoms with Gasteiger partial charge in [0.25, 0.3) is 0 Å². The first-order valence-corrected chi connectivity index (χ1v) is 17.0. The van der Waals surface area contributed by atoms with Gasteiger partial charge in [-0.2, -0.15) is 13.2 Å². The van der Waals surface area contributed by atoms with E-state index in [0.717, 1.165) is 50.0 Å². The Balaban J connectivity index is 1.70. The average molecular weight is 690 g/mol. The highest BCUT2D eigenvalue weighted by atomic mass is 19.4. The molecular formula is C38H45F4O7-. The normalized spacial score (nSPS) is 18.1. The lowest BCUT2D eigenvalue weighted by Gasteiger charge is -2.35. The van der Waals surface area contributed by atoms with E-state index >= 15 is 4.39 Å². The van der Waals surface area contributed by atoms with Crippen molar-refractivity contribution in [3.8, 4) is 5.75 Å². The smallest absolute Gasteiger partial charge is 0.425 e. The van der Waals surface area contributed by atoms with Crippen molar-refractivity contribution >= 4 is 17.9 Å². The first kappa shape index (κ1) is 39.4. The molecule has 0 N–H and O–H groups in total. The highest BCUT2D eigenvalue weighted by molar-refractivity contribution is 5.97. The molecule has 49 heavy (non-hydrogen) atoms. The van der Waals surface area contributed by atoms with E-state index < -0.39 is 58.9 Å². The van der Waals surface area contributed by atoms with Crippen LogP contribution < -0.4 is 9.84 Å². The van der Waals surface area contributed by atoms with E-state index in [9.17, 15) is 32.7 Å². The van der Waals surface area contributed by atoms with E-state index in [-0.39, 0.29) is 19.0 Å². The van der Waals surface area contributed by atoms with Crippen molar-refractivity contribution in [2.45, 2.75) is 108 Å². The second-order valence-corrected chi connectivity index (χ2v) is 12.1. The van der Waals surface area contributed by atoms with Gasteiger partial charge in [-0.15, -0.1) is 0 Å². The van der Waals surface area contributed by atoms with Crippen LogP contribution in [0.15, 0.2) is 72.6 Å².